The average Bonchev–Trinajstić information content (AvgIpc) is 2.56. The van der Waals surface area contributed by atoms with Gasteiger partial charge in [-0.3, -0.25) is 0 Å². The van der Waals surface area contributed by atoms with E-state index in [2.05, 4.69) is 59.1 Å². The molecule has 1 aromatic heterocycles. The first-order valence-electron chi connectivity index (χ1n) is 5.80. The van der Waals surface area contributed by atoms with Crippen LogP contribution in [0, 0.1) is 20.8 Å². The van der Waals surface area contributed by atoms with E-state index in [-0.39, 0.29) is 6.04 Å². The van der Waals surface area contributed by atoms with Gasteiger partial charge in [0.2, 0.25) is 0 Å². The summed E-state index contributed by atoms with van der Waals surface area (Å²) in [6.07, 6.45) is 0. The van der Waals surface area contributed by atoms with Gasteiger partial charge in [-0.1, -0.05) is 22.9 Å². The third kappa shape index (κ3) is 2.20. The molecule has 96 valence electrons. The lowest BCUT2D eigenvalue weighted by Crippen LogP contribution is -2.19. The van der Waals surface area contributed by atoms with Crippen LogP contribution in [0.25, 0.3) is 0 Å². The fourth-order valence-corrected chi connectivity index (χ4v) is 3.06. The van der Waals surface area contributed by atoms with E-state index in [0.29, 0.717) is 4.60 Å². The predicted octanol–water partition coefficient (Wildman–Crippen LogP) is 2.55. The molecule has 0 fully saturated rings. The molecule has 1 aromatic carbocycles. The van der Waals surface area contributed by atoms with E-state index in [1.807, 2.05) is 7.05 Å². The lowest BCUT2D eigenvalue weighted by molar-refractivity contribution is 0.648. The average molecular weight is 309 g/mol. The molecular weight excluding hydrogens is 292 g/mol. The van der Waals surface area contributed by atoms with Gasteiger partial charge in [0, 0.05) is 7.05 Å². The van der Waals surface area contributed by atoms with Gasteiger partial charge in [0.1, 0.15) is 0 Å². The third-order valence-corrected chi connectivity index (χ3v) is 3.74. The maximum atomic E-state index is 6.38. The molecule has 1 heterocycles. The highest BCUT2D eigenvalue weighted by molar-refractivity contribution is 9.10. The molecule has 18 heavy (non-hydrogen) atoms. The Bertz CT molecular complexity index is 546. The number of aromatic nitrogens is 3. The highest BCUT2D eigenvalue weighted by Crippen LogP contribution is 2.29. The molecule has 0 aliphatic heterocycles. The quantitative estimate of drug-likeness (QED) is 0.927. The Hall–Kier alpha value is -1.20. The molecule has 2 N–H and O–H groups in total. The molecule has 0 spiro atoms. The van der Waals surface area contributed by atoms with Crippen molar-refractivity contribution < 1.29 is 0 Å². The van der Waals surface area contributed by atoms with Crippen molar-refractivity contribution in [2.24, 2.45) is 12.8 Å². The summed E-state index contributed by atoms with van der Waals surface area (Å²) in [6, 6.07) is 4.08. The van der Waals surface area contributed by atoms with Gasteiger partial charge in [-0.25, -0.2) is 4.68 Å². The smallest absolute Gasteiger partial charge is 0.153 e. The third-order valence-electron chi connectivity index (χ3n) is 3.17. The predicted molar refractivity (Wildman–Crippen MR) is 75.4 cm³/mol. The fourth-order valence-electron chi connectivity index (χ4n) is 2.49. The van der Waals surface area contributed by atoms with E-state index >= 15 is 0 Å². The van der Waals surface area contributed by atoms with Crippen molar-refractivity contribution in [3.05, 3.63) is 44.7 Å². The number of nitrogens with two attached hydrogens (primary N) is 1. The van der Waals surface area contributed by atoms with Crippen molar-refractivity contribution in [1.29, 1.82) is 0 Å². The normalized spacial score (nSPS) is 12.8. The Labute approximate surface area is 115 Å². The molecule has 5 heteroatoms. The lowest BCUT2D eigenvalue weighted by atomic mass is 9.93. The Morgan fingerprint density at radius 2 is 1.78 bits per heavy atom. The van der Waals surface area contributed by atoms with Gasteiger partial charge in [-0.15, -0.1) is 5.10 Å². The van der Waals surface area contributed by atoms with Crippen molar-refractivity contribution in [2.75, 3.05) is 0 Å². The first kappa shape index (κ1) is 13.2. The van der Waals surface area contributed by atoms with Gasteiger partial charge in [-0.05, 0) is 53.4 Å². The minimum absolute atomic E-state index is 0.222. The standard InChI is InChI=1S/C13H17BrN4/c1-7-5-8(2)10(9(3)6-7)11(15)12-13(14)16-17-18(12)4/h5-6,11H,15H2,1-4H3. The molecule has 2 rings (SSSR count). The Morgan fingerprint density at radius 3 is 2.22 bits per heavy atom. The zero-order valence-corrected chi connectivity index (χ0v) is 12.6. The van der Waals surface area contributed by atoms with Crippen LogP contribution in [0.4, 0.5) is 0 Å². The summed E-state index contributed by atoms with van der Waals surface area (Å²) in [4.78, 5) is 0. The molecule has 0 saturated heterocycles. The Morgan fingerprint density at radius 1 is 1.22 bits per heavy atom. The van der Waals surface area contributed by atoms with E-state index in [4.69, 9.17) is 5.73 Å². The zero-order chi connectivity index (χ0) is 13.4. The second-order valence-corrected chi connectivity index (χ2v) is 5.43. The molecule has 0 saturated carbocycles. The molecule has 1 atom stereocenters. The number of aryl methyl sites for hydroxylation is 4. The number of nitrogens with zero attached hydrogens (tertiary/aromatic N) is 3. The highest BCUT2D eigenvalue weighted by Gasteiger charge is 2.21. The lowest BCUT2D eigenvalue weighted by Gasteiger charge is -2.18. The van der Waals surface area contributed by atoms with E-state index in [1.54, 1.807) is 4.68 Å². The summed E-state index contributed by atoms with van der Waals surface area (Å²) in [6.45, 7) is 6.27. The van der Waals surface area contributed by atoms with Crippen LogP contribution in [0.15, 0.2) is 16.7 Å². The fraction of sp³-hybridized carbons (Fsp3) is 0.385. The Balaban J connectivity index is 2.56. The van der Waals surface area contributed by atoms with E-state index in [1.165, 1.54) is 16.7 Å². The number of hydrogen-bond donors (Lipinski definition) is 1. The summed E-state index contributed by atoms with van der Waals surface area (Å²) in [7, 11) is 1.85. The van der Waals surface area contributed by atoms with E-state index in [0.717, 1.165) is 11.3 Å². The van der Waals surface area contributed by atoms with Crippen LogP contribution in [0.2, 0.25) is 0 Å². The minimum atomic E-state index is -0.222. The molecule has 0 bridgehead atoms. The van der Waals surface area contributed by atoms with Crippen molar-refractivity contribution >= 4 is 15.9 Å². The second-order valence-electron chi connectivity index (χ2n) is 4.68. The molecule has 0 aliphatic rings. The van der Waals surface area contributed by atoms with Crippen molar-refractivity contribution in [2.45, 2.75) is 26.8 Å². The number of benzene rings is 1. The van der Waals surface area contributed by atoms with Crippen LogP contribution in [0.5, 0.6) is 0 Å². The number of halogens is 1. The SMILES string of the molecule is Cc1cc(C)c(C(N)c2c(Br)nnn2C)c(C)c1. The maximum Gasteiger partial charge on any atom is 0.153 e. The van der Waals surface area contributed by atoms with Crippen LogP contribution in [0.3, 0.4) is 0 Å². The van der Waals surface area contributed by atoms with Crippen molar-refractivity contribution in [1.82, 2.24) is 15.0 Å². The number of hydrogen-bond acceptors (Lipinski definition) is 3. The van der Waals surface area contributed by atoms with E-state index in [9.17, 15) is 0 Å². The zero-order valence-electron chi connectivity index (χ0n) is 11.0. The van der Waals surface area contributed by atoms with Crippen LogP contribution < -0.4 is 5.73 Å². The second kappa shape index (κ2) is 4.82. The first-order valence-corrected chi connectivity index (χ1v) is 6.59. The van der Waals surface area contributed by atoms with Gasteiger partial charge < -0.3 is 5.73 Å². The molecule has 1 unspecified atom stereocenters. The van der Waals surface area contributed by atoms with Crippen LogP contribution >= 0.6 is 15.9 Å². The summed E-state index contributed by atoms with van der Waals surface area (Å²) in [5.41, 5.74) is 12.1. The van der Waals surface area contributed by atoms with Crippen LogP contribution in [-0.4, -0.2) is 15.0 Å². The van der Waals surface area contributed by atoms with Gasteiger partial charge in [0.25, 0.3) is 0 Å². The highest BCUT2D eigenvalue weighted by atomic mass is 79.9. The maximum absolute atomic E-state index is 6.38. The summed E-state index contributed by atoms with van der Waals surface area (Å²) in [5, 5.41) is 7.97. The topological polar surface area (TPSA) is 56.7 Å². The number of rotatable bonds is 2. The van der Waals surface area contributed by atoms with Crippen molar-refractivity contribution in [3.63, 3.8) is 0 Å². The van der Waals surface area contributed by atoms with Gasteiger partial charge >= 0.3 is 0 Å². The van der Waals surface area contributed by atoms with E-state index < -0.39 is 0 Å². The molecule has 0 aliphatic carbocycles. The summed E-state index contributed by atoms with van der Waals surface area (Å²) in [5.74, 6) is 0. The molecule has 0 radical (unpaired) electrons. The van der Waals surface area contributed by atoms with Gasteiger partial charge in [0.05, 0.1) is 11.7 Å². The largest absolute Gasteiger partial charge is 0.319 e. The first-order chi connectivity index (χ1) is 8.41. The van der Waals surface area contributed by atoms with Crippen molar-refractivity contribution in [3.8, 4) is 0 Å². The van der Waals surface area contributed by atoms with Gasteiger partial charge in [0.15, 0.2) is 4.60 Å². The monoisotopic (exact) mass is 308 g/mol. The summed E-state index contributed by atoms with van der Waals surface area (Å²) < 4.78 is 2.42. The molecule has 0 amide bonds. The van der Waals surface area contributed by atoms with Crippen LogP contribution in [0.1, 0.15) is 34.0 Å². The van der Waals surface area contributed by atoms with Gasteiger partial charge in [-0.2, -0.15) is 0 Å². The van der Waals surface area contributed by atoms with Crippen LogP contribution in [-0.2, 0) is 7.05 Å². The Kier molecular flexibility index (Phi) is 3.54. The summed E-state index contributed by atoms with van der Waals surface area (Å²) >= 11 is 3.40. The minimum Gasteiger partial charge on any atom is -0.319 e. The molecule has 2 aromatic rings. The molecular formula is C13H17BrN4. The molecule has 4 nitrogen and oxygen atoms in total.